The average Bonchev–Trinajstić information content (AvgIpc) is 2.48. The van der Waals surface area contributed by atoms with Gasteiger partial charge in [0, 0.05) is 29.8 Å². The fourth-order valence-electron chi connectivity index (χ4n) is 2.67. The van der Waals surface area contributed by atoms with Crippen LogP contribution in [0.5, 0.6) is 0 Å². The third kappa shape index (κ3) is 4.40. The number of carbonyl (C=O) groups excluding carboxylic acids is 1. The van der Waals surface area contributed by atoms with Crippen molar-refractivity contribution in [3.05, 3.63) is 39.4 Å². The van der Waals surface area contributed by atoms with Gasteiger partial charge in [0.25, 0.3) is 5.69 Å². The maximum absolute atomic E-state index is 11.2. The summed E-state index contributed by atoms with van der Waals surface area (Å²) in [4.78, 5) is 24.0. The molecule has 1 aromatic rings. The molecule has 0 unspecified atom stereocenters. The lowest BCUT2D eigenvalue weighted by atomic mass is 10.0. The lowest BCUT2D eigenvalue weighted by Gasteiger charge is -2.31. The van der Waals surface area contributed by atoms with Crippen molar-refractivity contribution < 1.29 is 9.72 Å². The number of benzene rings is 1. The Morgan fingerprint density at radius 3 is 2.64 bits per heavy atom. The van der Waals surface area contributed by atoms with Crippen molar-refractivity contribution in [2.45, 2.75) is 25.4 Å². The van der Waals surface area contributed by atoms with Crippen molar-refractivity contribution in [3.63, 3.8) is 0 Å². The second-order valence-electron chi connectivity index (χ2n) is 5.36. The molecule has 3 N–H and O–H groups in total. The molecule has 1 aliphatic rings. The molecule has 0 atom stereocenters. The summed E-state index contributed by atoms with van der Waals surface area (Å²) in [7, 11) is 1.97. The van der Waals surface area contributed by atoms with Crippen molar-refractivity contribution in [1.82, 2.24) is 10.2 Å². The minimum atomic E-state index is -0.656. The van der Waals surface area contributed by atoms with Gasteiger partial charge in [0.05, 0.1) is 4.92 Å². The number of hydrogen-bond donors (Lipinski definition) is 2. The Labute approximate surface area is 135 Å². The number of nitro groups is 1. The van der Waals surface area contributed by atoms with E-state index in [1.807, 2.05) is 7.05 Å². The third-order valence-corrected chi connectivity index (χ3v) is 3.92. The second kappa shape index (κ2) is 8.07. The molecule has 122 valence electrons. The lowest BCUT2D eigenvalue weighted by molar-refractivity contribution is -0.385. The fourth-order valence-corrected chi connectivity index (χ4v) is 2.67. The topological polar surface area (TPSA) is 102 Å². The minimum Gasteiger partial charge on any atom is -0.366 e. The van der Waals surface area contributed by atoms with Gasteiger partial charge in [0.2, 0.25) is 5.91 Å². The van der Waals surface area contributed by atoms with Crippen molar-refractivity contribution in [2.24, 2.45) is 5.73 Å². The Hall–Kier alpha value is -1.70. The maximum atomic E-state index is 11.2. The fraction of sp³-hybridized carbons (Fsp3) is 0.500. The molecule has 0 aromatic heterocycles. The molecule has 1 fully saturated rings. The van der Waals surface area contributed by atoms with E-state index in [4.69, 9.17) is 5.73 Å². The van der Waals surface area contributed by atoms with E-state index in [1.54, 1.807) is 12.1 Å². The number of amides is 1. The number of primary amides is 1. The zero-order chi connectivity index (χ0) is 15.4. The van der Waals surface area contributed by atoms with Gasteiger partial charge in [-0.15, -0.1) is 12.4 Å². The highest BCUT2D eigenvalue weighted by atomic mass is 35.5. The molecule has 22 heavy (non-hydrogen) atoms. The molecule has 1 saturated heterocycles. The number of nitrogens with one attached hydrogen (secondary N) is 1. The smallest absolute Gasteiger partial charge is 0.274 e. The van der Waals surface area contributed by atoms with Crippen LogP contribution in [0.15, 0.2) is 18.2 Å². The molecule has 0 spiro atoms. The third-order valence-electron chi connectivity index (χ3n) is 3.92. The van der Waals surface area contributed by atoms with Gasteiger partial charge in [-0.1, -0.05) is 6.07 Å². The van der Waals surface area contributed by atoms with Gasteiger partial charge in [-0.2, -0.15) is 0 Å². The van der Waals surface area contributed by atoms with Gasteiger partial charge in [-0.05, 0) is 39.0 Å². The first kappa shape index (κ1) is 18.3. The van der Waals surface area contributed by atoms with Crippen LogP contribution in [0, 0.1) is 10.1 Å². The van der Waals surface area contributed by atoms with Crippen molar-refractivity contribution >= 4 is 24.0 Å². The number of nitrogens with zero attached hydrogens (tertiary/aromatic N) is 2. The highest BCUT2D eigenvalue weighted by Gasteiger charge is 2.22. The van der Waals surface area contributed by atoms with Crippen LogP contribution in [0.3, 0.4) is 0 Å². The van der Waals surface area contributed by atoms with E-state index in [1.165, 1.54) is 6.07 Å². The standard InChI is InChI=1S/C14H20N4O3.ClH/c1-17(12-4-6-16-7-5-12)9-11-3-2-10(14(15)19)8-13(11)18(20)21;/h2-3,8,12,16H,4-7,9H2,1H3,(H2,15,19);1H. The molecular formula is C14H21ClN4O3. The zero-order valence-corrected chi connectivity index (χ0v) is 13.3. The average molecular weight is 329 g/mol. The van der Waals surface area contributed by atoms with Crippen LogP contribution in [0.25, 0.3) is 0 Å². The molecule has 1 aromatic carbocycles. The van der Waals surface area contributed by atoms with E-state index in [2.05, 4.69) is 10.2 Å². The summed E-state index contributed by atoms with van der Waals surface area (Å²) in [5, 5.41) is 14.5. The molecule has 1 amide bonds. The Bertz CT molecular complexity index is 547. The van der Waals surface area contributed by atoms with E-state index < -0.39 is 10.8 Å². The van der Waals surface area contributed by atoms with Gasteiger partial charge in [0.15, 0.2) is 0 Å². The van der Waals surface area contributed by atoms with Crippen LogP contribution in [0.2, 0.25) is 0 Å². The molecule has 0 bridgehead atoms. The van der Waals surface area contributed by atoms with E-state index in [0.29, 0.717) is 18.2 Å². The van der Waals surface area contributed by atoms with Crippen molar-refractivity contribution in [2.75, 3.05) is 20.1 Å². The monoisotopic (exact) mass is 328 g/mol. The summed E-state index contributed by atoms with van der Waals surface area (Å²) in [6.07, 6.45) is 2.06. The van der Waals surface area contributed by atoms with Crippen LogP contribution in [0.4, 0.5) is 5.69 Å². The largest absolute Gasteiger partial charge is 0.366 e. The molecular weight excluding hydrogens is 308 g/mol. The molecule has 7 nitrogen and oxygen atoms in total. The Kier molecular flexibility index (Phi) is 6.73. The number of nitrogens with two attached hydrogens (primary N) is 1. The summed E-state index contributed by atoms with van der Waals surface area (Å²) >= 11 is 0. The summed E-state index contributed by atoms with van der Waals surface area (Å²) in [6, 6.07) is 4.84. The highest BCUT2D eigenvalue weighted by Crippen LogP contribution is 2.23. The quantitative estimate of drug-likeness (QED) is 0.626. The van der Waals surface area contributed by atoms with Crippen LogP contribution in [0.1, 0.15) is 28.8 Å². The van der Waals surface area contributed by atoms with E-state index in [9.17, 15) is 14.9 Å². The van der Waals surface area contributed by atoms with E-state index in [-0.39, 0.29) is 23.7 Å². The summed E-state index contributed by atoms with van der Waals surface area (Å²) < 4.78 is 0. The number of hydrogen-bond acceptors (Lipinski definition) is 5. The van der Waals surface area contributed by atoms with Crippen molar-refractivity contribution in [1.29, 1.82) is 0 Å². The summed E-state index contributed by atoms with van der Waals surface area (Å²) in [5.41, 5.74) is 5.89. The van der Waals surface area contributed by atoms with E-state index >= 15 is 0 Å². The zero-order valence-electron chi connectivity index (χ0n) is 12.4. The first-order valence-corrected chi connectivity index (χ1v) is 6.97. The molecule has 0 radical (unpaired) electrons. The number of piperidine rings is 1. The number of rotatable bonds is 5. The number of carbonyl (C=O) groups is 1. The van der Waals surface area contributed by atoms with Gasteiger partial charge >= 0.3 is 0 Å². The Morgan fingerprint density at radius 1 is 1.45 bits per heavy atom. The maximum Gasteiger partial charge on any atom is 0.274 e. The molecule has 8 heteroatoms. The Morgan fingerprint density at radius 2 is 2.09 bits per heavy atom. The summed E-state index contributed by atoms with van der Waals surface area (Å²) in [6.45, 7) is 2.43. The predicted octanol–water partition coefficient (Wildman–Crippen LogP) is 1.30. The second-order valence-corrected chi connectivity index (χ2v) is 5.36. The minimum absolute atomic E-state index is 0. The van der Waals surface area contributed by atoms with Crippen LogP contribution in [-0.4, -0.2) is 41.9 Å². The Balaban J connectivity index is 0.00000242. The molecule has 1 heterocycles. The SMILES string of the molecule is CN(Cc1ccc(C(N)=O)cc1[N+](=O)[O-])C1CCNCC1.Cl. The van der Waals surface area contributed by atoms with Gasteiger partial charge < -0.3 is 11.1 Å². The van der Waals surface area contributed by atoms with Crippen LogP contribution in [-0.2, 0) is 6.54 Å². The molecule has 0 aliphatic carbocycles. The highest BCUT2D eigenvalue weighted by molar-refractivity contribution is 5.93. The van der Waals surface area contributed by atoms with Gasteiger partial charge in [0.1, 0.15) is 0 Å². The van der Waals surface area contributed by atoms with E-state index in [0.717, 1.165) is 25.9 Å². The number of halogens is 1. The van der Waals surface area contributed by atoms with Crippen LogP contribution >= 0.6 is 12.4 Å². The molecule has 0 saturated carbocycles. The first-order valence-electron chi connectivity index (χ1n) is 6.97. The number of nitro benzene ring substituents is 1. The van der Waals surface area contributed by atoms with Gasteiger partial charge in [-0.3, -0.25) is 19.8 Å². The predicted molar refractivity (Wildman–Crippen MR) is 86.2 cm³/mol. The lowest BCUT2D eigenvalue weighted by Crippen LogP contribution is -2.40. The summed E-state index contributed by atoms with van der Waals surface area (Å²) in [5.74, 6) is -0.656. The van der Waals surface area contributed by atoms with Crippen molar-refractivity contribution in [3.8, 4) is 0 Å². The van der Waals surface area contributed by atoms with Crippen LogP contribution < -0.4 is 11.1 Å². The first-order chi connectivity index (χ1) is 9.99. The molecule has 1 aliphatic heterocycles. The van der Waals surface area contributed by atoms with Gasteiger partial charge in [-0.25, -0.2) is 0 Å². The molecule has 2 rings (SSSR count). The normalized spacial score (nSPS) is 15.4.